The van der Waals surface area contributed by atoms with Crippen LogP contribution in [0.1, 0.15) is 31.7 Å². The molecule has 1 aliphatic carbocycles. The van der Waals surface area contributed by atoms with Gasteiger partial charge in [0.05, 0.1) is 11.2 Å². The average Bonchev–Trinajstić information content (AvgIpc) is 2.32. The molecule has 1 amide bonds. The van der Waals surface area contributed by atoms with E-state index in [2.05, 4.69) is 5.32 Å². The Morgan fingerprint density at radius 1 is 1.29 bits per heavy atom. The maximum atomic E-state index is 12.5. The number of amides is 1. The van der Waals surface area contributed by atoms with Gasteiger partial charge in [-0.25, -0.2) is 8.42 Å². The molecule has 21 heavy (non-hydrogen) atoms. The van der Waals surface area contributed by atoms with E-state index in [1.165, 1.54) is 6.26 Å². The topological polar surface area (TPSA) is 63.2 Å². The van der Waals surface area contributed by atoms with Crippen LogP contribution in [0.4, 0.5) is 0 Å². The van der Waals surface area contributed by atoms with Gasteiger partial charge in [0.25, 0.3) is 0 Å². The maximum absolute atomic E-state index is 12.5. The second-order valence-electron chi connectivity index (χ2n) is 6.26. The molecule has 1 aliphatic rings. The number of carbonyl (C=O) groups excluding carboxylic acids is 1. The van der Waals surface area contributed by atoms with Crippen molar-refractivity contribution < 1.29 is 13.2 Å². The van der Waals surface area contributed by atoms with Gasteiger partial charge >= 0.3 is 0 Å². The van der Waals surface area contributed by atoms with Crippen LogP contribution in [0, 0.1) is 5.41 Å². The molecule has 1 atom stereocenters. The number of sulfone groups is 1. The van der Waals surface area contributed by atoms with Crippen molar-refractivity contribution in [2.24, 2.45) is 5.41 Å². The lowest BCUT2D eigenvalue weighted by atomic mass is 9.64. The number of rotatable bonds is 6. The summed E-state index contributed by atoms with van der Waals surface area (Å²) in [6, 6.07) is 9.64. The molecule has 1 saturated carbocycles. The molecule has 5 heteroatoms. The Kier molecular flexibility index (Phi) is 4.71. The van der Waals surface area contributed by atoms with Crippen LogP contribution in [0.15, 0.2) is 30.3 Å². The van der Waals surface area contributed by atoms with E-state index in [0.717, 1.165) is 31.2 Å². The molecule has 1 aromatic rings. The van der Waals surface area contributed by atoms with Crippen LogP contribution in [-0.2, 0) is 21.1 Å². The standard InChI is InChI=1S/C16H23NO3S/c1-13(12-21(2,19)20)17-15(18)16(9-6-10-16)11-14-7-4-3-5-8-14/h3-5,7-8,13H,6,9-12H2,1-2H3,(H,17,18)/t13-/m0/s1. The monoisotopic (exact) mass is 309 g/mol. The van der Waals surface area contributed by atoms with E-state index in [0.29, 0.717) is 0 Å². The fourth-order valence-corrected chi connectivity index (χ4v) is 3.94. The van der Waals surface area contributed by atoms with E-state index in [-0.39, 0.29) is 23.1 Å². The number of carbonyl (C=O) groups is 1. The van der Waals surface area contributed by atoms with Crippen LogP contribution >= 0.6 is 0 Å². The summed E-state index contributed by atoms with van der Waals surface area (Å²) in [5.74, 6) is -0.0195. The van der Waals surface area contributed by atoms with Crippen molar-refractivity contribution in [3.8, 4) is 0 Å². The third-order valence-electron chi connectivity index (χ3n) is 4.11. The molecule has 1 fully saturated rings. The average molecular weight is 309 g/mol. The van der Waals surface area contributed by atoms with Gasteiger partial charge in [-0.1, -0.05) is 36.8 Å². The van der Waals surface area contributed by atoms with E-state index >= 15 is 0 Å². The largest absolute Gasteiger partial charge is 0.352 e. The second kappa shape index (κ2) is 6.18. The zero-order chi connectivity index (χ0) is 15.5. The van der Waals surface area contributed by atoms with Gasteiger partial charge in [0.1, 0.15) is 9.84 Å². The first-order valence-corrected chi connectivity index (χ1v) is 9.39. The molecule has 0 spiro atoms. The van der Waals surface area contributed by atoms with E-state index in [4.69, 9.17) is 0 Å². The van der Waals surface area contributed by atoms with Crippen LogP contribution in [0.3, 0.4) is 0 Å². The van der Waals surface area contributed by atoms with Crippen molar-refractivity contribution >= 4 is 15.7 Å². The van der Waals surface area contributed by atoms with Gasteiger partial charge in [0, 0.05) is 12.3 Å². The molecule has 0 radical (unpaired) electrons. The van der Waals surface area contributed by atoms with Crippen LogP contribution in [0.25, 0.3) is 0 Å². The van der Waals surface area contributed by atoms with Gasteiger partial charge in [-0.3, -0.25) is 4.79 Å². The summed E-state index contributed by atoms with van der Waals surface area (Å²) < 4.78 is 22.6. The summed E-state index contributed by atoms with van der Waals surface area (Å²) in [6.07, 6.45) is 4.73. The number of hydrogen-bond acceptors (Lipinski definition) is 3. The summed E-state index contributed by atoms with van der Waals surface area (Å²) in [5, 5.41) is 2.88. The van der Waals surface area contributed by atoms with Crippen molar-refractivity contribution in [3.05, 3.63) is 35.9 Å². The SMILES string of the molecule is C[C@@H](CS(C)(=O)=O)NC(=O)C1(Cc2ccccc2)CCC1. The number of hydrogen-bond donors (Lipinski definition) is 1. The predicted octanol–water partition coefficient (Wildman–Crippen LogP) is 1.95. The Hall–Kier alpha value is -1.36. The molecular weight excluding hydrogens is 286 g/mol. The molecule has 0 saturated heterocycles. The third-order valence-corrected chi connectivity index (χ3v) is 5.21. The maximum Gasteiger partial charge on any atom is 0.226 e. The van der Waals surface area contributed by atoms with Crippen LogP contribution in [0.5, 0.6) is 0 Å². The first-order chi connectivity index (χ1) is 9.81. The molecule has 0 unspecified atom stereocenters. The second-order valence-corrected chi connectivity index (χ2v) is 8.45. The first kappa shape index (κ1) is 16.0. The van der Waals surface area contributed by atoms with Gasteiger partial charge in [-0.2, -0.15) is 0 Å². The summed E-state index contributed by atoms with van der Waals surface area (Å²) in [7, 11) is -3.08. The lowest BCUT2D eigenvalue weighted by Gasteiger charge is -2.41. The minimum Gasteiger partial charge on any atom is -0.352 e. The molecule has 2 rings (SSSR count). The predicted molar refractivity (Wildman–Crippen MR) is 83.7 cm³/mol. The van der Waals surface area contributed by atoms with E-state index in [1.807, 2.05) is 30.3 Å². The Labute approximate surface area is 126 Å². The summed E-state index contributed by atoms with van der Waals surface area (Å²) >= 11 is 0. The van der Waals surface area contributed by atoms with Gasteiger partial charge < -0.3 is 5.32 Å². The Bertz CT molecular complexity index is 591. The molecule has 4 nitrogen and oxygen atoms in total. The molecular formula is C16H23NO3S. The van der Waals surface area contributed by atoms with Crippen molar-refractivity contribution in [3.63, 3.8) is 0 Å². The Balaban J connectivity index is 2.01. The van der Waals surface area contributed by atoms with Gasteiger partial charge in [-0.15, -0.1) is 0 Å². The first-order valence-electron chi connectivity index (χ1n) is 7.33. The van der Waals surface area contributed by atoms with Crippen LogP contribution in [0.2, 0.25) is 0 Å². The van der Waals surface area contributed by atoms with E-state index in [1.54, 1.807) is 6.92 Å². The van der Waals surface area contributed by atoms with Gasteiger partial charge in [0.15, 0.2) is 0 Å². The highest BCUT2D eigenvalue weighted by Gasteiger charge is 2.44. The fraction of sp³-hybridized carbons (Fsp3) is 0.562. The van der Waals surface area contributed by atoms with Crippen LogP contribution < -0.4 is 5.32 Å². The highest BCUT2D eigenvalue weighted by Crippen LogP contribution is 2.44. The van der Waals surface area contributed by atoms with Gasteiger partial charge in [-0.05, 0) is 31.7 Å². The highest BCUT2D eigenvalue weighted by molar-refractivity contribution is 7.90. The highest BCUT2D eigenvalue weighted by atomic mass is 32.2. The number of benzene rings is 1. The summed E-state index contributed by atoms with van der Waals surface area (Å²) in [6.45, 7) is 1.74. The van der Waals surface area contributed by atoms with Crippen molar-refractivity contribution in [1.29, 1.82) is 0 Å². The normalized spacial score (nSPS) is 18.6. The molecule has 0 aromatic heterocycles. The minimum absolute atomic E-state index is 0.00578. The lowest BCUT2D eigenvalue weighted by molar-refractivity contribution is -0.136. The molecule has 0 aliphatic heterocycles. The zero-order valence-electron chi connectivity index (χ0n) is 12.6. The zero-order valence-corrected chi connectivity index (χ0v) is 13.4. The summed E-state index contributed by atoms with van der Waals surface area (Å²) in [5.41, 5.74) is 0.802. The Morgan fingerprint density at radius 2 is 1.90 bits per heavy atom. The molecule has 1 N–H and O–H groups in total. The van der Waals surface area contributed by atoms with Crippen LogP contribution in [-0.4, -0.2) is 32.4 Å². The lowest BCUT2D eigenvalue weighted by Crippen LogP contribution is -2.51. The van der Waals surface area contributed by atoms with E-state index in [9.17, 15) is 13.2 Å². The Morgan fingerprint density at radius 3 is 2.38 bits per heavy atom. The molecule has 0 heterocycles. The minimum atomic E-state index is -3.08. The van der Waals surface area contributed by atoms with Crippen molar-refractivity contribution in [2.45, 2.75) is 38.6 Å². The molecule has 0 bridgehead atoms. The fourth-order valence-electron chi connectivity index (χ4n) is 2.95. The smallest absolute Gasteiger partial charge is 0.226 e. The van der Waals surface area contributed by atoms with Crippen molar-refractivity contribution in [1.82, 2.24) is 5.32 Å². The van der Waals surface area contributed by atoms with Crippen molar-refractivity contribution in [2.75, 3.05) is 12.0 Å². The van der Waals surface area contributed by atoms with Gasteiger partial charge in [0.2, 0.25) is 5.91 Å². The summed E-state index contributed by atoms with van der Waals surface area (Å²) in [4.78, 5) is 12.5. The van der Waals surface area contributed by atoms with E-state index < -0.39 is 9.84 Å². The third kappa shape index (κ3) is 4.30. The molecule has 116 valence electrons. The molecule has 1 aromatic carbocycles. The quantitative estimate of drug-likeness (QED) is 0.873. The number of nitrogens with one attached hydrogen (secondary N) is 1.